The van der Waals surface area contributed by atoms with Gasteiger partial charge in [-0.05, 0) is 71.8 Å². The summed E-state index contributed by atoms with van der Waals surface area (Å²) >= 11 is 0. The van der Waals surface area contributed by atoms with E-state index in [2.05, 4.69) is 124 Å². The Kier molecular flexibility index (Phi) is 8.15. The Morgan fingerprint density at radius 1 is 0.367 bits per heavy atom. The van der Waals surface area contributed by atoms with E-state index in [1.165, 1.54) is 10.8 Å². The van der Waals surface area contributed by atoms with E-state index >= 15 is 0 Å². The number of hydrogen-bond acceptors (Lipinski definition) is 4. The molecule has 6 nitrogen and oxygen atoms in total. The van der Waals surface area contributed by atoms with Crippen LogP contribution in [0.25, 0.3) is 100 Å². The van der Waals surface area contributed by atoms with Gasteiger partial charge < -0.3 is 9.13 Å². The second-order valence-electron chi connectivity index (χ2n) is 14.8. The average molecular weight is 765 g/mol. The van der Waals surface area contributed by atoms with Crippen LogP contribution < -0.4 is 0 Å². The van der Waals surface area contributed by atoms with Crippen molar-refractivity contribution in [2.24, 2.45) is 0 Å². The predicted octanol–water partition coefficient (Wildman–Crippen LogP) is 13.1. The fourth-order valence-electron chi connectivity index (χ4n) is 8.69. The number of benzene rings is 8. The highest BCUT2D eigenvalue weighted by Crippen LogP contribution is 2.42. The fraction of sp³-hybridized carbons (Fsp3) is 0. The van der Waals surface area contributed by atoms with Crippen molar-refractivity contribution in [1.29, 1.82) is 10.5 Å². The van der Waals surface area contributed by atoms with Gasteiger partial charge in [-0.3, -0.25) is 0 Å². The summed E-state index contributed by atoms with van der Waals surface area (Å²) in [5.74, 6) is 0.506. The number of para-hydroxylation sites is 3. The van der Waals surface area contributed by atoms with Crippen LogP contribution in [0.1, 0.15) is 11.1 Å². The first kappa shape index (κ1) is 34.7. The lowest BCUT2D eigenvalue weighted by atomic mass is 9.94. The smallest absolute Gasteiger partial charge is 0.160 e. The third kappa shape index (κ3) is 5.56. The second kappa shape index (κ2) is 14.1. The molecule has 0 aliphatic heterocycles. The van der Waals surface area contributed by atoms with Gasteiger partial charge in [-0.1, -0.05) is 133 Å². The Bertz CT molecular complexity index is 3540. The van der Waals surface area contributed by atoms with Gasteiger partial charge in [0.2, 0.25) is 0 Å². The number of nitriles is 2. The zero-order valence-electron chi connectivity index (χ0n) is 32.2. The molecule has 0 aliphatic carbocycles. The molecule has 8 aromatic carbocycles. The molecular formula is C54H32N6. The Balaban J connectivity index is 1.13. The van der Waals surface area contributed by atoms with Gasteiger partial charge in [-0.25, -0.2) is 9.97 Å². The van der Waals surface area contributed by atoms with Gasteiger partial charge in [0.15, 0.2) is 5.82 Å². The fourth-order valence-corrected chi connectivity index (χ4v) is 8.69. The third-order valence-electron chi connectivity index (χ3n) is 11.4. The van der Waals surface area contributed by atoms with Crippen molar-refractivity contribution in [1.82, 2.24) is 19.1 Å². The first-order valence-electron chi connectivity index (χ1n) is 19.8. The van der Waals surface area contributed by atoms with Crippen LogP contribution in [0.3, 0.4) is 0 Å². The van der Waals surface area contributed by atoms with Gasteiger partial charge in [0.25, 0.3) is 0 Å². The zero-order chi connectivity index (χ0) is 40.2. The maximum absolute atomic E-state index is 10.8. The highest BCUT2D eigenvalue weighted by Gasteiger charge is 2.22. The Morgan fingerprint density at radius 2 is 0.867 bits per heavy atom. The highest BCUT2D eigenvalue weighted by molar-refractivity contribution is 6.19. The average Bonchev–Trinajstić information content (AvgIpc) is 3.82. The van der Waals surface area contributed by atoms with Crippen molar-refractivity contribution in [3.63, 3.8) is 0 Å². The van der Waals surface area contributed by atoms with E-state index in [1.54, 1.807) is 0 Å². The lowest BCUT2D eigenvalue weighted by Crippen LogP contribution is -2.01. The topological polar surface area (TPSA) is 83.2 Å². The summed E-state index contributed by atoms with van der Waals surface area (Å²) in [4.78, 5) is 9.88. The van der Waals surface area contributed by atoms with Gasteiger partial charge in [0, 0.05) is 49.6 Å². The quantitative estimate of drug-likeness (QED) is 0.169. The van der Waals surface area contributed by atoms with Crippen molar-refractivity contribution in [2.75, 3.05) is 0 Å². The lowest BCUT2D eigenvalue weighted by Gasteiger charge is -2.13. The van der Waals surface area contributed by atoms with Gasteiger partial charge >= 0.3 is 0 Å². The molecule has 60 heavy (non-hydrogen) atoms. The van der Waals surface area contributed by atoms with E-state index in [-0.39, 0.29) is 0 Å². The maximum Gasteiger partial charge on any atom is 0.160 e. The molecule has 3 aromatic heterocycles. The first-order valence-corrected chi connectivity index (χ1v) is 19.8. The Labute approximate surface area is 345 Å². The lowest BCUT2D eigenvalue weighted by molar-refractivity contribution is 1.17. The SMILES string of the molecule is N#Cc1cc(-c2nc(-c3ccccc3)nc(-c3ccccc3)c2C#N)ccc1-c1ccc2c(c1)c1cc3c(cc1n2-c1ccccc1)c1ccccc1n3-c1ccccc1. The van der Waals surface area contributed by atoms with Crippen LogP contribution in [0.15, 0.2) is 194 Å². The van der Waals surface area contributed by atoms with Crippen LogP contribution >= 0.6 is 0 Å². The normalized spacial score (nSPS) is 11.3. The highest BCUT2D eigenvalue weighted by atomic mass is 15.0. The summed E-state index contributed by atoms with van der Waals surface area (Å²) in [6, 6.07) is 70.8. The molecule has 11 aromatic rings. The summed E-state index contributed by atoms with van der Waals surface area (Å²) in [5, 5.41) is 25.9. The third-order valence-corrected chi connectivity index (χ3v) is 11.4. The molecule has 0 fully saturated rings. The molecular weight excluding hydrogens is 733 g/mol. The molecule has 0 saturated heterocycles. The van der Waals surface area contributed by atoms with Crippen molar-refractivity contribution in [3.8, 4) is 68.5 Å². The second-order valence-corrected chi connectivity index (χ2v) is 14.8. The van der Waals surface area contributed by atoms with Crippen molar-refractivity contribution in [3.05, 3.63) is 205 Å². The monoisotopic (exact) mass is 764 g/mol. The molecule has 6 heteroatoms. The molecule has 0 unspecified atom stereocenters. The van der Waals surface area contributed by atoms with Crippen molar-refractivity contribution < 1.29 is 0 Å². The van der Waals surface area contributed by atoms with E-state index < -0.39 is 0 Å². The van der Waals surface area contributed by atoms with E-state index in [0.29, 0.717) is 33.9 Å². The van der Waals surface area contributed by atoms with Crippen molar-refractivity contribution in [2.45, 2.75) is 0 Å². The zero-order valence-corrected chi connectivity index (χ0v) is 32.2. The van der Waals surface area contributed by atoms with E-state index in [0.717, 1.165) is 66.5 Å². The molecule has 0 aliphatic rings. The van der Waals surface area contributed by atoms with Crippen molar-refractivity contribution >= 4 is 43.6 Å². The van der Waals surface area contributed by atoms with E-state index in [1.807, 2.05) is 91.0 Å². The first-order chi connectivity index (χ1) is 29.7. The molecule has 0 radical (unpaired) electrons. The Morgan fingerprint density at radius 3 is 1.48 bits per heavy atom. The molecule has 0 saturated carbocycles. The molecule has 0 amide bonds. The maximum atomic E-state index is 10.8. The standard InChI is InChI=1S/C54H32N6/c55-33-39-29-38(53-47(34-56)52(35-15-5-1-6-16-35)57-54(58-53)36-17-7-2-8-18-36)25-27-42(39)37-26-28-49-44(30-37)46-32-50-45(31-51(46)60(49)41-21-11-4-12-22-41)43-23-13-14-24-48(43)59(50)40-19-9-3-10-20-40/h1-32H. The van der Waals surface area contributed by atoms with Gasteiger partial charge in [-0.2, -0.15) is 10.5 Å². The molecule has 0 bridgehead atoms. The Hall–Kier alpha value is -8.58. The number of rotatable bonds is 6. The minimum Gasteiger partial charge on any atom is -0.309 e. The van der Waals surface area contributed by atoms with Crippen LogP contribution in [-0.2, 0) is 0 Å². The number of nitrogens with zero attached hydrogens (tertiary/aromatic N) is 6. The molecule has 0 spiro atoms. The van der Waals surface area contributed by atoms with Crippen LogP contribution in [-0.4, -0.2) is 19.1 Å². The van der Waals surface area contributed by atoms with Gasteiger partial charge in [-0.15, -0.1) is 0 Å². The number of fused-ring (bicyclic) bond motifs is 6. The minimum atomic E-state index is 0.354. The summed E-state index contributed by atoms with van der Waals surface area (Å²) in [6.07, 6.45) is 0. The number of hydrogen-bond donors (Lipinski definition) is 0. The predicted molar refractivity (Wildman–Crippen MR) is 242 cm³/mol. The summed E-state index contributed by atoms with van der Waals surface area (Å²) < 4.78 is 4.69. The largest absolute Gasteiger partial charge is 0.309 e. The van der Waals surface area contributed by atoms with E-state index in [4.69, 9.17) is 9.97 Å². The molecule has 11 rings (SSSR count). The summed E-state index contributed by atoms with van der Waals surface area (Å²) in [7, 11) is 0. The summed E-state index contributed by atoms with van der Waals surface area (Å²) in [5.41, 5.74) is 12.5. The summed E-state index contributed by atoms with van der Waals surface area (Å²) in [6.45, 7) is 0. The molecule has 0 N–H and O–H groups in total. The minimum absolute atomic E-state index is 0.354. The van der Waals surface area contributed by atoms with Crippen LogP contribution in [0.5, 0.6) is 0 Å². The molecule has 0 atom stereocenters. The van der Waals surface area contributed by atoms with E-state index in [9.17, 15) is 10.5 Å². The molecule has 3 heterocycles. The van der Waals surface area contributed by atoms with Crippen LogP contribution in [0.4, 0.5) is 0 Å². The van der Waals surface area contributed by atoms with Crippen LogP contribution in [0.2, 0.25) is 0 Å². The van der Waals surface area contributed by atoms with Crippen LogP contribution in [0, 0.1) is 22.7 Å². The van der Waals surface area contributed by atoms with Gasteiger partial charge in [0.1, 0.15) is 11.6 Å². The molecule has 278 valence electrons. The van der Waals surface area contributed by atoms with Gasteiger partial charge in [0.05, 0.1) is 45.1 Å². The number of aromatic nitrogens is 4.